The van der Waals surface area contributed by atoms with Gasteiger partial charge in [-0.3, -0.25) is 0 Å². The molecule has 1 N–H and O–H groups in total. The lowest BCUT2D eigenvalue weighted by Gasteiger charge is -2.11. The molecule has 0 amide bonds. The van der Waals surface area contributed by atoms with E-state index in [0.717, 1.165) is 11.3 Å². The molecule has 1 unspecified atom stereocenters. The van der Waals surface area contributed by atoms with Crippen LogP contribution >= 0.6 is 0 Å². The van der Waals surface area contributed by atoms with Crippen LogP contribution in [0.4, 0.5) is 0 Å². The summed E-state index contributed by atoms with van der Waals surface area (Å²) in [6.07, 6.45) is 0.0521. The molecular weight excluding hydrogens is 206 g/mol. The average molecular weight is 223 g/mol. The van der Waals surface area contributed by atoms with Crippen molar-refractivity contribution in [1.29, 1.82) is 0 Å². The number of oxime groups is 1. The van der Waals surface area contributed by atoms with Crippen LogP contribution in [-0.4, -0.2) is 30.7 Å². The Morgan fingerprint density at radius 2 is 2.25 bits per heavy atom. The maximum absolute atomic E-state index is 8.66. The zero-order chi connectivity index (χ0) is 12.0. The van der Waals surface area contributed by atoms with Crippen LogP contribution in [0.25, 0.3) is 0 Å². The Hall–Kier alpha value is -1.55. The predicted octanol–water partition coefficient (Wildman–Crippen LogP) is 2.30. The lowest BCUT2D eigenvalue weighted by Crippen LogP contribution is -2.16. The Labute approximate surface area is 95.5 Å². The van der Waals surface area contributed by atoms with E-state index in [0.29, 0.717) is 12.3 Å². The lowest BCUT2D eigenvalue weighted by atomic mass is 10.1. The fraction of sp³-hybridized carbons (Fsp3) is 0.417. The normalized spacial score (nSPS) is 13.6. The summed E-state index contributed by atoms with van der Waals surface area (Å²) in [6.45, 7) is 4.16. The third-order valence-electron chi connectivity index (χ3n) is 2.29. The van der Waals surface area contributed by atoms with Gasteiger partial charge in [-0.25, -0.2) is 0 Å². The van der Waals surface area contributed by atoms with E-state index in [1.165, 1.54) is 0 Å². The first kappa shape index (κ1) is 12.5. The molecule has 0 fully saturated rings. The highest BCUT2D eigenvalue weighted by Crippen LogP contribution is 2.14. The molecule has 0 bridgehead atoms. The van der Waals surface area contributed by atoms with Crippen molar-refractivity contribution in [2.45, 2.75) is 20.0 Å². The highest BCUT2D eigenvalue weighted by atomic mass is 16.5. The topological polar surface area (TPSA) is 51.0 Å². The van der Waals surface area contributed by atoms with Crippen molar-refractivity contribution in [3.63, 3.8) is 0 Å². The van der Waals surface area contributed by atoms with Crippen LogP contribution < -0.4 is 4.74 Å². The summed E-state index contributed by atoms with van der Waals surface area (Å²) in [5.41, 5.74) is 1.40. The van der Waals surface area contributed by atoms with Crippen molar-refractivity contribution in [3.05, 3.63) is 29.8 Å². The zero-order valence-corrected chi connectivity index (χ0v) is 9.80. The van der Waals surface area contributed by atoms with E-state index >= 15 is 0 Å². The summed E-state index contributed by atoms with van der Waals surface area (Å²) >= 11 is 0. The van der Waals surface area contributed by atoms with Gasteiger partial charge in [-0.15, -0.1) is 0 Å². The highest BCUT2D eigenvalue weighted by Gasteiger charge is 2.03. The molecule has 1 aromatic carbocycles. The minimum atomic E-state index is 0.0521. The van der Waals surface area contributed by atoms with Crippen LogP contribution in [0.3, 0.4) is 0 Å². The van der Waals surface area contributed by atoms with Gasteiger partial charge in [0.1, 0.15) is 12.4 Å². The van der Waals surface area contributed by atoms with Crippen molar-refractivity contribution in [1.82, 2.24) is 0 Å². The van der Waals surface area contributed by atoms with E-state index in [2.05, 4.69) is 5.16 Å². The minimum Gasteiger partial charge on any atom is -0.491 e. The largest absolute Gasteiger partial charge is 0.491 e. The standard InChI is InChI=1S/C12H17NO3/c1-9(15-3)8-16-12-6-4-5-11(7-12)10(2)13-14/h4-7,9,14H,8H2,1-3H3/b13-10+. The molecule has 0 heterocycles. The molecule has 1 rings (SSSR count). The van der Waals surface area contributed by atoms with Gasteiger partial charge in [0.05, 0.1) is 11.8 Å². The molecule has 0 saturated heterocycles. The minimum absolute atomic E-state index is 0.0521. The summed E-state index contributed by atoms with van der Waals surface area (Å²) in [7, 11) is 1.65. The van der Waals surface area contributed by atoms with Crippen LogP contribution in [0, 0.1) is 0 Å². The van der Waals surface area contributed by atoms with Crippen molar-refractivity contribution in [2.75, 3.05) is 13.7 Å². The molecule has 0 aliphatic rings. The van der Waals surface area contributed by atoms with Crippen LogP contribution in [0.2, 0.25) is 0 Å². The van der Waals surface area contributed by atoms with Crippen molar-refractivity contribution in [2.24, 2.45) is 5.16 Å². The smallest absolute Gasteiger partial charge is 0.120 e. The third kappa shape index (κ3) is 3.55. The molecular formula is C12H17NO3. The van der Waals surface area contributed by atoms with Gasteiger partial charge < -0.3 is 14.7 Å². The fourth-order valence-corrected chi connectivity index (χ4v) is 1.15. The second-order valence-corrected chi connectivity index (χ2v) is 3.57. The molecule has 0 radical (unpaired) electrons. The molecule has 0 spiro atoms. The van der Waals surface area contributed by atoms with Gasteiger partial charge in [-0.05, 0) is 26.0 Å². The number of hydrogen-bond donors (Lipinski definition) is 1. The van der Waals surface area contributed by atoms with E-state index in [4.69, 9.17) is 14.7 Å². The molecule has 88 valence electrons. The quantitative estimate of drug-likeness (QED) is 0.473. The highest BCUT2D eigenvalue weighted by molar-refractivity contribution is 5.98. The first-order valence-corrected chi connectivity index (χ1v) is 5.12. The first-order valence-electron chi connectivity index (χ1n) is 5.12. The number of nitrogens with zero attached hydrogens (tertiary/aromatic N) is 1. The number of hydrogen-bond acceptors (Lipinski definition) is 4. The lowest BCUT2D eigenvalue weighted by molar-refractivity contribution is 0.0716. The first-order chi connectivity index (χ1) is 7.67. The predicted molar refractivity (Wildman–Crippen MR) is 62.4 cm³/mol. The Balaban J connectivity index is 2.68. The molecule has 0 aromatic heterocycles. The SMILES string of the molecule is COC(C)COc1cccc(/C(C)=N/O)c1. The summed E-state index contributed by atoms with van der Waals surface area (Å²) < 4.78 is 10.6. The van der Waals surface area contributed by atoms with Crippen molar-refractivity contribution in [3.8, 4) is 5.75 Å². The Bertz CT molecular complexity index is 363. The number of ether oxygens (including phenoxy) is 2. The Kier molecular flexibility index (Phi) is 4.79. The molecule has 0 saturated carbocycles. The fourth-order valence-electron chi connectivity index (χ4n) is 1.15. The van der Waals surface area contributed by atoms with Gasteiger partial charge in [-0.1, -0.05) is 17.3 Å². The van der Waals surface area contributed by atoms with Crippen molar-refractivity contribution < 1.29 is 14.7 Å². The van der Waals surface area contributed by atoms with Crippen LogP contribution in [-0.2, 0) is 4.74 Å². The van der Waals surface area contributed by atoms with Gasteiger partial charge in [-0.2, -0.15) is 0 Å². The van der Waals surface area contributed by atoms with E-state index < -0.39 is 0 Å². The van der Waals surface area contributed by atoms with Gasteiger partial charge in [0.25, 0.3) is 0 Å². The van der Waals surface area contributed by atoms with E-state index in [-0.39, 0.29) is 6.10 Å². The maximum Gasteiger partial charge on any atom is 0.120 e. The van der Waals surface area contributed by atoms with E-state index in [1.807, 2.05) is 31.2 Å². The summed E-state index contributed by atoms with van der Waals surface area (Å²) in [4.78, 5) is 0. The van der Waals surface area contributed by atoms with Gasteiger partial charge in [0.2, 0.25) is 0 Å². The third-order valence-corrected chi connectivity index (χ3v) is 2.29. The molecule has 16 heavy (non-hydrogen) atoms. The zero-order valence-electron chi connectivity index (χ0n) is 9.80. The van der Waals surface area contributed by atoms with Gasteiger partial charge in [0.15, 0.2) is 0 Å². The van der Waals surface area contributed by atoms with Crippen LogP contribution in [0.5, 0.6) is 5.75 Å². The van der Waals surface area contributed by atoms with E-state index in [1.54, 1.807) is 14.0 Å². The monoisotopic (exact) mass is 223 g/mol. The molecule has 1 atom stereocenters. The summed E-state index contributed by atoms with van der Waals surface area (Å²) in [5.74, 6) is 0.740. The van der Waals surface area contributed by atoms with Gasteiger partial charge >= 0.3 is 0 Å². The maximum atomic E-state index is 8.66. The Morgan fingerprint density at radius 1 is 1.50 bits per heavy atom. The number of benzene rings is 1. The molecule has 0 aliphatic carbocycles. The van der Waals surface area contributed by atoms with Crippen molar-refractivity contribution >= 4 is 5.71 Å². The summed E-state index contributed by atoms with van der Waals surface area (Å²) in [6, 6.07) is 7.41. The Morgan fingerprint density at radius 3 is 2.88 bits per heavy atom. The molecule has 4 heteroatoms. The second kappa shape index (κ2) is 6.12. The summed E-state index contributed by atoms with van der Waals surface area (Å²) in [5, 5.41) is 11.8. The molecule has 0 aliphatic heterocycles. The molecule has 4 nitrogen and oxygen atoms in total. The van der Waals surface area contributed by atoms with Crippen LogP contribution in [0.1, 0.15) is 19.4 Å². The number of rotatable bonds is 5. The second-order valence-electron chi connectivity index (χ2n) is 3.57. The molecule has 1 aromatic rings. The average Bonchev–Trinajstić information content (AvgIpc) is 2.35. The van der Waals surface area contributed by atoms with Crippen LogP contribution in [0.15, 0.2) is 29.4 Å². The van der Waals surface area contributed by atoms with Gasteiger partial charge in [0, 0.05) is 12.7 Å². The van der Waals surface area contributed by atoms with E-state index in [9.17, 15) is 0 Å². The number of methoxy groups -OCH3 is 1.